The van der Waals surface area contributed by atoms with Crippen molar-refractivity contribution in [2.75, 3.05) is 26.7 Å². The minimum absolute atomic E-state index is 0.0491. The summed E-state index contributed by atoms with van der Waals surface area (Å²) < 4.78 is 34.5. The van der Waals surface area contributed by atoms with Gasteiger partial charge in [0, 0.05) is 44.9 Å². The summed E-state index contributed by atoms with van der Waals surface area (Å²) in [5.41, 5.74) is 1.68. The fourth-order valence-corrected chi connectivity index (χ4v) is 5.39. The van der Waals surface area contributed by atoms with Crippen molar-refractivity contribution in [1.29, 1.82) is 0 Å². The number of nitrogens with zero attached hydrogens (tertiary/aromatic N) is 3. The lowest BCUT2D eigenvalue weighted by Gasteiger charge is -2.37. The van der Waals surface area contributed by atoms with Gasteiger partial charge in [-0.15, -0.1) is 0 Å². The van der Waals surface area contributed by atoms with Crippen molar-refractivity contribution in [1.82, 2.24) is 14.2 Å². The molecule has 8 nitrogen and oxygen atoms in total. The van der Waals surface area contributed by atoms with Gasteiger partial charge in [-0.05, 0) is 42.3 Å². The lowest BCUT2D eigenvalue weighted by Crippen LogP contribution is -2.50. The Hall–Kier alpha value is -2.49. The van der Waals surface area contributed by atoms with Gasteiger partial charge < -0.3 is 14.7 Å². The fourth-order valence-electron chi connectivity index (χ4n) is 3.57. The molecule has 1 N–H and O–H groups in total. The molecule has 1 aliphatic heterocycles. The van der Waals surface area contributed by atoms with E-state index in [0.717, 1.165) is 11.1 Å². The van der Waals surface area contributed by atoms with Gasteiger partial charge in [-0.25, -0.2) is 8.42 Å². The maximum atomic E-state index is 13.5. The third-order valence-electron chi connectivity index (χ3n) is 5.67. The number of amides is 1. The zero-order valence-corrected chi connectivity index (χ0v) is 19.0. The molecule has 3 atom stereocenters. The molecule has 0 bridgehead atoms. The monoisotopic (exact) mass is 447 g/mol. The van der Waals surface area contributed by atoms with Gasteiger partial charge in [-0.1, -0.05) is 13.0 Å². The molecular weight excluding hydrogens is 418 g/mol. The highest BCUT2D eigenvalue weighted by molar-refractivity contribution is 7.89. The van der Waals surface area contributed by atoms with Crippen LogP contribution in [0, 0.1) is 5.92 Å². The largest absolute Gasteiger partial charge is 0.487 e. The number of likely N-dealkylation sites (N-methyl/N-ethyl adjacent to an activating group) is 1. The van der Waals surface area contributed by atoms with Gasteiger partial charge in [-0.3, -0.25) is 9.78 Å². The highest BCUT2D eigenvalue weighted by Gasteiger charge is 2.38. The van der Waals surface area contributed by atoms with Crippen LogP contribution >= 0.6 is 0 Å². The smallest absolute Gasteiger partial charge is 0.247 e. The Labute approximate surface area is 183 Å². The van der Waals surface area contributed by atoms with E-state index in [1.165, 1.54) is 11.2 Å². The summed E-state index contributed by atoms with van der Waals surface area (Å²) in [5, 5.41) is 9.70. The SMILES string of the molecule is CC(=O)N(C)C[C@@H]1Oc2cc(-c3ccncc3)ccc2S(=O)(=O)N([C@H](C)CO)C[C@@H]1C. The first-order valence-corrected chi connectivity index (χ1v) is 11.6. The third kappa shape index (κ3) is 4.89. The quantitative estimate of drug-likeness (QED) is 0.753. The van der Waals surface area contributed by atoms with Crippen molar-refractivity contribution in [2.24, 2.45) is 5.92 Å². The van der Waals surface area contributed by atoms with Gasteiger partial charge in [0.05, 0.1) is 13.2 Å². The molecule has 1 aromatic carbocycles. The molecule has 0 saturated heterocycles. The van der Waals surface area contributed by atoms with E-state index in [1.807, 2.05) is 19.1 Å². The lowest BCUT2D eigenvalue weighted by atomic mass is 10.0. The van der Waals surface area contributed by atoms with Crippen molar-refractivity contribution in [3.8, 4) is 16.9 Å². The fraction of sp³-hybridized carbons (Fsp3) is 0.455. The molecular formula is C22H29N3O5S. The number of aliphatic hydroxyl groups is 1. The molecule has 0 unspecified atom stereocenters. The Kier molecular flexibility index (Phi) is 6.98. The van der Waals surface area contributed by atoms with Crippen molar-refractivity contribution in [3.05, 3.63) is 42.7 Å². The summed E-state index contributed by atoms with van der Waals surface area (Å²) in [7, 11) is -2.21. The van der Waals surface area contributed by atoms with Gasteiger partial charge in [0.15, 0.2) is 0 Å². The van der Waals surface area contributed by atoms with E-state index in [2.05, 4.69) is 4.98 Å². The number of hydrogen-bond acceptors (Lipinski definition) is 6. The maximum Gasteiger partial charge on any atom is 0.247 e. The van der Waals surface area contributed by atoms with Crippen molar-refractivity contribution in [2.45, 2.75) is 37.8 Å². The number of aliphatic hydroxyl groups excluding tert-OH is 1. The van der Waals surface area contributed by atoms with Gasteiger partial charge in [-0.2, -0.15) is 4.31 Å². The molecule has 2 aromatic rings. The Morgan fingerprint density at radius 2 is 1.97 bits per heavy atom. The van der Waals surface area contributed by atoms with Crippen molar-refractivity contribution < 1.29 is 23.1 Å². The van der Waals surface area contributed by atoms with Crippen LogP contribution in [0.4, 0.5) is 0 Å². The molecule has 2 heterocycles. The number of aromatic nitrogens is 1. The zero-order valence-electron chi connectivity index (χ0n) is 18.2. The standard InChI is InChI=1S/C22H29N3O5S/c1-15-12-25(16(2)14-26)31(28,29)22-6-5-19(18-7-9-23-10-8-18)11-20(22)30-21(15)13-24(4)17(3)27/h5-11,15-16,21,26H,12-14H2,1-4H3/t15-,16+,21-/m0/s1. The molecule has 0 saturated carbocycles. The van der Waals surface area contributed by atoms with Gasteiger partial charge >= 0.3 is 0 Å². The Balaban J connectivity index is 2.13. The molecule has 0 spiro atoms. The minimum Gasteiger partial charge on any atom is -0.487 e. The molecule has 0 radical (unpaired) electrons. The van der Waals surface area contributed by atoms with Crippen LogP contribution in [0.5, 0.6) is 5.75 Å². The number of rotatable bonds is 5. The van der Waals surface area contributed by atoms with Crippen LogP contribution in [0.25, 0.3) is 11.1 Å². The van der Waals surface area contributed by atoms with Crippen LogP contribution in [-0.4, -0.2) is 72.5 Å². The van der Waals surface area contributed by atoms with Crippen LogP contribution < -0.4 is 4.74 Å². The van der Waals surface area contributed by atoms with Gasteiger partial charge in [0.2, 0.25) is 15.9 Å². The second-order valence-electron chi connectivity index (χ2n) is 8.04. The number of carbonyl (C=O) groups is 1. The second-order valence-corrected chi connectivity index (χ2v) is 9.90. The molecule has 1 amide bonds. The number of fused-ring (bicyclic) bond motifs is 1. The van der Waals surface area contributed by atoms with E-state index in [9.17, 15) is 18.3 Å². The normalized spacial score (nSPS) is 21.8. The lowest BCUT2D eigenvalue weighted by molar-refractivity contribution is -0.129. The van der Waals surface area contributed by atoms with E-state index in [-0.39, 0.29) is 35.6 Å². The van der Waals surface area contributed by atoms with E-state index >= 15 is 0 Å². The molecule has 9 heteroatoms. The van der Waals surface area contributed by atoms with Crippen molar-refractivity contribution >= 4 is 15.9 Å². The summed E-state index contributed by atoms with van der Waals surface area (Å²) >= 11 is 0. The zero-order chi connectivity index (χ0) is 22.8. The van der Waals surface area contributed by atoms with E-state index < -0.39 is 22.2 Å². The van der Waals surface area contributed by atoms with Crippen molar-refractivity contribution in [3.63, 3.8) is 0 Å². The van der Waals surface area contributed by atoms with E-state index in [0.29, 0.717) is 6.54 Å². The van der Waals surface area contributed by atoms with E-state index in [4.69, 9.17) is 4.74 Å². The second kappa shape index (κ2) is 9.33. The number of carbonyl (C=O) groups excluding carboxylic acids is 1. The van der Waals surface area contributed by atoms with Crippen LogP contribution in [0.3, 0.4) is 0 Å². The third-order valence-corrected chi connectivity index (χ3v) is 7.69. The predicted octanol–water partition coefficient (Wildman–Crippen LogP) is 2.00. The first kappa shape index (κ1) is 23.2. The molecule has 0 aliphatic carbocycles. The Morgan fingerprint density at radius 1 is 1.29 bits per heavy atom. The molecule has 1 aromatic heterocycles. The molecule has 168 valence electrons. The van der Waals surface area contributed by atoms with Crippen LogP contribution in [0.1, 0.15) is 20.8 Å². The van der Waals surface area contributed by atoms with Crippen LogP contribution in [0.15, 0.2) is 47.6 Å². The summed E-state index contributed by atoms with van der Waals surface area (Å²) in [6, 6.07) is 8.07. The number of benzene rings is 1. The number of pyridine rings is 1. The maximum absolute atomic E-state index is 13.5. The van der Waals surface area contributed by atoms with Gasteiger partial charge in [0.1, 0.15) is 16.7 Å². The number of sulfonamides is 1. The summed E-state index contributed by atoms with van der Waals surface area (Å²) in [4.78, 5) is 17.4. The summed E-state index contributed by atoms with van der Waals surface area (Å²) in [6.45, 7) is 5.24. The average Bonchev–Trinajstić information content (AvgIpc) is 2.75. The van der Waals surface area contributed by atoms with Gasteiger partial charge in [0.25, 0.3) is 0 Å². The first-order valence-electron chi connectivity index (χ1n) is 10.2. The molecule has 1 aliphatic rings. The predicted molar refractivity (Wildman–Crippen MR) is 117 cm³/mol. The number of hydrogen-bond donors (Lipinski definition) is 1. The molecule has 0 fully saturated rings. The first-order chi connectivity index (χ1) is 14.6. The van der Waals surface area contributed by atoms with E-state index in [1.54, 1.807) is 49.5 Å². The Bertz CT molecular complexity index is 1030. The Morgan fingerprint density at radius 3 is 2.58 bits per heavy atom. The topological polar surface area (TPSA) is 100 Å². The minimum atomic E-state index is -3.90. The number of ether oxygens (including phenoxy) is 1. The van der Waals surface area contributed by atoms with Crippen LogP contribution in [0.2, 0.25) is 0 Å². The average molecular weight is 448 g/mol. The summed E-state index contributed by atoms with van der Waals surface area (Å²) in [6.07, 6.45) is 2.91. The summed E-state index contributed by atoms with van der Waals surface area (Å²) in [5.74, 6) is -0.0851. The highest BCUT2D eigenvalue weighted by Crippen LogP contribution is 2.36. The molecule has 31 heavy (non-hydrogen) atoms. The molecule has 3 rings (SSSR count). The van der Waals surface area contributed by atoms with Crippen LogP contribution in [-0.2, 0) is 14.8 Å². The highest BCUT2D eigenvalue weighted by atomic mass is 32.2.